The first kappa shape index (κ1) is 19.2. The summed E-state index contributed by atoms with van der Waals surface area (Å²) in [6.07, 6.45) is -3.11. The van der Waals surface area contributed by atoms with Gasteiger partial charge < -0.3 is 14.7 Å². The second kappa shape index (κ2) is 7.36. The van der Waals surface area contributed by atoms with Crippen molar-refractivity contribution in [3.05, 3.63) is 71.9 Å². The highest BCUT2D eigenvalue weighted by atomic mass is 19.4. The lowest BCUT2D eigenvalue weighted by molar-refractivity contribution is -0.144. The van der Waals surface area contributed by atoms with Crippen LogP contribution in [0.3, 0.4) is 0 Å². The summed E-state index contributed by atoms with van der Waals surface area (Å²) < 4.78 is 41.0. The molecule has 0 bridgehead atoms. The number of aromatic nitrogens is 4. The molecule has 4 aromatic rings. The molecule has 2 N–H and O–H groups in total. The standard InChI is InChI=1S/C21H19F3N4O/c1-13(29)10-17-19(14-6-3-2-4-7-14)25-12-28(17)11-15-8-5-9-16-18(15)27-20(26-16)21(22,23)24/h2-9,12-13,29H,10-11H2,1H3,(H,26,27). The van der Waals surface area contributed by atoms with E-state index in [-0.39, 0.29) is 5.52 Å². The van der Waals surface area contributed by atoms with Crippen LogP contribution in [-0.4, -0.2) is 30.7 Å². The van der Waals surface area contributed by atoms with Gasteiger partial charge in [0, 0.05) is 17.7 Å². The first-order chi connectivity index (χ1) is 13.8. The second-order valence-corrected chi connectivity index (χ2v) is 6.98. The van der Waals surface area contributed by atoms with E-state index in [2.05, 4.69) is 15.0 Å². The van der Waals surface area contributed by atoms with E-state index in [0.29, 0.717) is 24.0 Å². The van der Waals surface area contributed by atoms with Gasteiger partial charge in [0.15, 0.2) is 0 Å². The number of nitrogens with zero attached hydrogens (tertiary/aromatic N) is 3. The first-order valence-corrected chi connectivity index (χ1v) is 9.15. The second-order valence-electron chi connectivity index (χ2n) is 6.98. The number of nitrogens with one attached hydrogen (secondary N) is 1. The number of aliphatic hydroxyl groups excluding tert-OH is 1. The van der Waals surface area contributed by atoms with Crippen molar-refractivity contribution >= 4 is 11.0 Å². The van der Waals surface area contributed by atoms with Crippen LogP contribution >= 0.6 is 0 Å². The van der Waals surface area contributed by atoms with Crippen LogP contribution in [0.25, 0.3) is 22.3 Å². The highest BCUT2D eigenvalue weighted by Gasteiger charge is 2.35. The van der Waals surface area contributed by atoms with E-state index in [1.54, 1.807) is 31.5 Å². The van der Waals surface area contributed by atoms with Crippen molar-refractivity contribution in [3.8, 4) is 11.3 Å². The summed E-state index contributed by atoms with van der Waals surface area (Å²) in [5.74, 6) is -1.01. The Hall–Kier alpha value is -3.13. The van der Waals surface area contributed by atoms with Crippen molar-refractivity contribution < 1.29 is 18.3 Å². The van der Waals surface area contributed by atoms with E-state index < -0.39 is 18.1 Å². The van der Waals surface area contributed by atoms with Crippen LogP contribution in [0.4, 0.5) is 13.2 Å². The molecule has 0 amide bonds. The van der Waals surface area contributed by atoms with Gasteiger partial charge in [0.1, 0.15) is 0 Å². The summed E-state index contributed by atoms with van der Waals surface area (Å²) in [4.78, 5) is 10.6. The molecular formula is C21H19F3N4O. The van der Waals surface area contributed by atoms with Gasteiger partial charge in [-0.25, -0.2) is 9.97 Å². The average Bonchev–Trinajstić information content (AvgIpc) is 3.27. The molecule has 0 aliphatic carbocycles. The van der Waals surface area contributed by atoms with Crippen molar-refractivity contribution in [3.63, 3.8) is 0 Å². The van der Waals surface area contributed by atoms with E-state index >= 15 is 0 Å². The number of rotatable bonds is 5. The zero-order valence-corrected chi connectivity index (χ0v) is 15.6. The predicted octanol–water partition coefficient (Wildman–Crippen LogP) is 4.42. The molecule has 4 rings (SSSR count). The third-order valence-corrected chi connectivity index (χ3v) is 4.69. The largest absolute Gasteiger partial charge is 0.449 e. The molecule has 0 saturated heterocycles. The minimum atomic E-state index is -4.54. The first-order valence-electron chi connectivity index (χ1n) is 9.15. The van der Waals surface area contributed by atoms with E-state index in [4.69, 9.17) is 0 Å². The van der Waals surface area contributed by atoms with Gasteiger partial charge in [-0.1, -0.05) is 42.5 Å². The predicted molar refractivity (Wildman–Crippen MR) is 103 cm³/mol. The Morgan fingerprint density at radius 2 is 1.86 bits per heavy atom. The van der Waals surface area contributed by atoms with Gasteiger partial charge in [0.05, 0.1) is 35.7 Å². The van der Waals surface area contributed by atoms with Crippen LogP contribution < -0.4 is 0 Å². The summed E-state index contributed by atoms with van der Waals surface area (Å²) in [5, 5.41) is 9.97. The number of halogens is 3. The minimum absolute atomic E-state index is 0.276. The molecule has 5 nitrogen and oxygen atoms in total. The maximum Gasteiger partial charge on any atom is 0.449 e. The molecule has 0 spiro atoms. The van der Waals surface area contributed by atoms with E-state index in [1.165, 1.54) is 0 Å². The zero-order valence-electron chi connectivity index (χ0n) is 15.6. The number of benzene rings is 2. The fourth-order valence-corrected chi connectivity index (χ4v) is 3.41. The number of fused-ring (bicyclic) bond motifs is 1. The molecule has 1 unspecified atom stereocenters. The molecule has 0 aliphatic heterocycles. The van der Waals surface area contributed by atoms with Gasteiger partial charge in [-0.05, 0) is 18.6 Å². The van der Waals surface area contributed by atoms with Crippen LogP contribution in [0.2, 0.25) is 0 Å². The summed E-state index contributed by atoms with van der Waals surface area (Å²) in [6.45, 7) is 1.98. The Morgan fingerprint density at radius 3 is 2.55 bits per heavy atom. The molecule has 2 aromatic carbocycles. The number of imidazole rings is 2. The smallest absolute Gasteiger partial charge is 0.393 e. The van der Waals surface area contributed by atoms with Crippen LogP contribution in [-0.2, 0) is 19.1 Å². The topological polar surface area (TPSA) is 66.7 Å². The van der Waals surface area contributed by atoms with Crippen LogP contribution in [0.15, 0.2) is 54.9 Å². The van der Waals surface area contributed by atoms with Crippen LogP contribution in [0, 0.1) is 0 Å². The van der Waals surface area contributed by atoms with Crippen molar-refractivity contribution in [2.75, 3.05) is 0 Å². The molecule has 0 fully saturated rings. The Kier molecular flexibility index (Phi) is 4.87. The molecule has 2 heterocycles. The Balaban J connectivity index is 1.77. The number of hydrogen-bond donors (Lipinski definition) is 2. The number of para-hydroxylation sites is 1. The number of H-pyrrole nitrogens is 1. The number of alkyl halides is 3. The molecule has 0 saturated carbocycles. The summed E-state index contributed by atoms with van der Waals surface area (Å²) in [7, 11) is 0. The van der Waals surface area contributed by atoms with Gasteiger partial charge in [-0.15, -0.1) is 0 Å². The van der Waals surface area contributed by atoms with E-state index in [0.717, 1.165) is 17.0 Å². The maximum absolute atomic E-state index is 13.0. The van der Waals surface area contributed by atoms with Crippen molar-refractivity contribution in [1.29, 1.82) is 0 Å². The lowest BCUT2D eigenvalue weighted by Crippen LogP contribution is -2.12. The SMILES string of the molecule is CC(O)Cc1c(-c2ccccc2)ncn1Cc1cccc2[nH]c(C(F)(F)F)nc12. The van der Waals surface area contributed by atoms with E-state index in [9.17, 15) is 18.3 Å². The maximum atomic E-state index is 13.0. The van der Waals surface area contributed by atoms with Gasteiger partial charge in [-0.3, -0.25) is 0 Å². The molecule has 150 valence electrons. The third kappa shape index (κ3) is 3.88. The van der Waals surface area contributed by atoms with Crippen molar-refractivity contribution in [2.24, 2.45) is 0 Å². The summed E-state index contributed by atoms with van der Waals surface area (Å²) in [6, 6.07) is 14.6. The van der Waals surface area contributed by atoms with Crippen LogP contribution in [0.1, 0.15) is 24.0 Å². The van der Waals surface area contributed by atoms with Gasteiger partial charge in [-0.2, -0.15) is 13.2 Å². The van der Waals surface area contributed by atoms with E-state index in [1.807, 2.05) is 34.9 Å². The van der Waals surface area contributed by atoms with Crippen LogP contribution in [0.5, 0.6) is 0 Å². The lowest BCUT2D eigenvalue weighted by Gasteiger charge is -2.12. The van der Waals surface area contributed by atoms with Crippen molar-refractivity contribution in [1.82, 2.24) is 19.5 Å². The molecule has 0 aliphatic rings. The highest BCUT2D eigenvalue weighted by molar-refractivity contribution is 5.79. The normalized spacial score (nSPS) is 13.1. The average molecular weight is 400 g/mol. The lowest BCUT2D eigenvalue weighted by atomic mass is 10.1. The minimum Gasteiger partial charge on any atom is -0.393 e. The molecule has 29 heavy (non-hydrogen) atoms. The third-order valence-electron chi connectivity index (χ3n) is 4.69. The molecule has 0 radical (unpaired) electrons. The van der Waals surface area contributed by atoms with Gasteiger partial charge in [0.25, 0.3) is 0 Å². The number of aromatic amines is 1. The Bertz CT molecular complexity index is 1130. The highest BCUT2D eigenvalue weighted by Crippen LogP contribution is 2.30. The Labute approximate surface area is 164 Å². The summed E-state index contributed by atoms with van der Waals surface area (Å²) >= 11 is 0. The fraction of sp³-hybridized carbons (Fsp3) is 0.238. The summed E-state index contributed by atoms with van der Waals surface area (Å²) in [5.41, 5.74) is 3.72. The quantitative estimate of drug-likeness (QED) is 0.521. The van der Waals surface area contributed by atoms with Gasteiger partial charge >= 0.3 is 6.18 Å². The molecule has 1 atom stereocenters. The zero-order chi connectivity index (χ0) is 20.6. The van der Waals surface area contributed by atoms with Crippen molar-refractivity contribution in [2.45, 2.75) is 32.2 Å². The molecule has 2 aromatic heterocycles. The molecule has 8 heteroatoms. The number of aliphatic hydroxyl groups is 1. The number of hydrogen-bond acceptors (Lipinski definition) is 3. The molecular weight excluding hydrogens is 381 g/mol. The monoisotopic (exact) mass is 400 g/mol. The fourth-order valence-electron chi connectivity index (χ4n) is 3.41. The Morgan fingerprint density at radius 1 is 1.10 bits per heavy atom. The van der Waals surface area contributed by atoms with Gasteiger partial charge in [0.2, 0.25) is 5.82 Å².